The van der Waals surface area contributed by atoms with Crippen LogP contribution in [0.4, 0.5) is 0 Å². The predicted octanol–water partition coefficient (Wildman–Crippen LogP) is 2.74. The van der Waals surface area contributed by atoms with E-state index in [1.807, 2.05) is 31.2 Å². The molecular weight excluding hydrogens is 340 g/mol. The molecule has 0 atom stereocenters. The van der Waals surface area contributed by atoms with E-state index in [4.69, 9.17) is 0 Å². The molecule has 1 aliphatic carbocycles. The van der Waals surface area contributed by atoms with Crippen molar-refractivity contribution in [2.75, 3.05) is 20.1 Å². The molecule has 2 N–H and O–H groups in total. The number of hydrogen-bond donors (Lipinski definition) is 2. The van der Waals surface area contributed by atoms with Crippen LogP contribution in [0.1, 0.15) is 48.0 Å². The number of nitrogens with zero attached hydrogens (tertiary/aromatic N) is 2. The van der Waals surface area contributed by atoms with E-state index in [0.29, 0.717) is 18.4 Å². The Kier molecular flexibility index (Phi) is 6.40. The highest BCUT2D eigenvalue weighted by Gasteiger charge is 2.19. The first kappa shape index (κ1) is 19.3. The number of amides is 1. The molecule has 2 aromatic rings. The van der Waals surface area contributed by atoms with Crippen LogP contribution in [0.3, 0.4) is 0 Å². The van der Waals surface area contributed by atoms with Gasteiger partial charge in [-0.2, -0.15) is 0 Å². The van der Waals surface area contributed by atoms with E-state index in [1.165, 1.54) is 31.9 Å². The zero-order chi connectivity index (χ0) is 19.2. The summed E-state index contributed by atoms with van der Waals surface area (Å²) < 4.78 is 0. The number of carbonyl (C=O) groups excluding carboxylic acids is 1. The first-order chi connectivity index (χ1) is 13.0. The fourth-order valence-corrected chi connectivity index (χ4v) is 3.57. The highest BCUT2D eigenvalue weighted by Crippen LogP contribution is 2.22. The Labute approximate surface area is 160 Å². The van der Waals surface area contributed by atoms with Gasteiger partial charge in [0.2, 0.25) is 0 Å². The SMILES string of the molecule is Cc1ccc(-c2ncc(C(=O)NCCCN(C)C3CCCC3)c(=O)[nH]2)cc1. The summed E-state index contributed by atoms with van der Waals surface area (Å²) in [6.45, 7) is 3.50. The average Bonchev–Trinajstić information content (AvgIpc) is 3.20. The summed E-state index contributed by atoms with van der Waals surface area (Å²) in [4.78, 5) is 33.9. The van der Waals surface area contributed by atoms with E-state index in [9.17, 15) is 9.59 Å². The quantitative estimate of drug-likeness (QED) is 0.737. The maximum absolute atomic E-state index is 12.3. The van der Waals surface area contributed by atoms with Crippen LogP contribution in [-0.4, -0.2) is 47.0 Å². The smallest absolute Gasteiger partial charge is 0.264 e. The molecule has 6 heteroatoms. The van der Waals surface area contributed by atoms with Gasteiger partial charge in [-0.25, -0.2) is 4.98 Å². The molecule has 1 aromatic heterocycles. The zero-order valence-electron chi connectivity index (χ0n) is 16.1. The number of aryl methyl sites for hydroxylation is 1. The van der Waals surface area contributed by atoms with Crippen LogP contribution in [0.2, 0.25) is 0 Å². The van der Waals surface area contributed by atoms with E-state index in [0.717, 1.165) is 24.1 Å². The summed E-state index contributed by atoms with van der Waals surface area (Å²) in [5.74, 6) is 0.0949. The van der Waals surface area contributed by atoms with Crippen LogP contribution in [0, 0.1) is 6.92 Å². The van der Waals surface area contributed by atoms with Gasteiger partial charge in [0.15, 0.2) is 0 Å². The molecule has 1 aromatic carbocycles. The summed E-state index contributed by atoms with van der Waals surface area (Å²) in [7, 11) is 2.15. The van der Waals surface area contributed by atoms with Crippen molar-refractivity contribution in [2.24, 2.45) is 0 Å². The number of aromatic amines is 1. The predicted molar refractivity (Wildman–Crippen MR) is 107 cm³/mol. The average molecular weight is 368 g/mol. The zero-order valence-corrected chi connectivity index (χ0v) is 16.1. The molecular formula is C21H28N4O2. The molecule has 0 radical (unpaired) electrons. The fourth-order valence-electron chi connectivity index (χ4n) is 3.57. The highest BCUT2D eigenvalue weighted by molar-refractivity contribution is 5.93. The van der Waals surface area contributed by atoms with E-state index in [-0.39, 0.29) is 11.5 Å². The molecule has 1 fully saturated rings. The van der Waals surface area contributed by atoms with Crippen molar-refractivity contribution in [1.29, 1.82) is 0 Å². The van der Waals surface area contributed by atoms with Crippen molar-refractivity contribution in [3.63, 3.8) is 0 Å². The molecule has 6 nitrogen and oxygen atoms in total. The van der Waals surface area contributed by atoms with Crippen LogP contribution in [-0.2, 0) is 0 Å². The molecule has 0 spiro atoms. The second-order valence-electron chi connectivity index (χ2n) is 7.37. The van der Waals surface area contributed by atoms with E-state index < -0.39 is 5.56 Å². The molecule has 0 saturated heterocycles. The maximum Gasteiger partial charge on any atom is 0.264 e. The Morgan fingerprint density at radius 1 is 1.26 bits per heavy atom. The lowest BCUT2D eigenvalue weighted by molar-refractivity contribution is 0.0949. The van der Waals surface area contributed by atoms with Crippen LogP contribution in [0.5, 0.6) is 0 Å². The first-order valence-corrected chi connectivity index (χ1v) is 9.69. The molecule has 144 valence electrons. The Morgan fingerprint density at radius 3 is 2.63 bits per heavy atom. The van der Waals surface area contributed by atoms with Crippen LogP contribution < -0.4 is 10.9 Å². The number of aromatic nitrogens is 2. The molecule has 1 amide bonds. The molecule has 0 aliphatic heterocycles. The Hall–Kier alpha value is -2.47. The first-order valence-electron chi connectivity index (χ1n) is 9.69. The summed E-state index contributed by atoms with van der Waals surface area (Å²) >= 11 is 0. The van der Waals surface area contributed by atoms with Gasteiger partial charge in [0.1, 0.15) is 11.4 Å². The third-order valence-corrected chi connectivity index (χ3v) is 5.29. The Morgan fingerprint density at radius 2 is 1.96 bits per heavy atom. The normalized spacial score (nSPS) is 14.6. The summed E-state index contributed by atoms with van der Waals surface area (Å²) in [6.07, 6.45) is 7.41. The van der Waals surface area contributed by atoms with Crippen LogP contribution in [0.15, 0.2) is 35.3 Å². The van der Waals surface area contributed by atoms with Crippen molar-refractivity contribution < 1.29 is 4.79 Å². The molecule has 1 aliphatic rings. The third kappa shape index (κ3) is 5.04. The lowest BCUT2D eigenvalue weighted by Gasteiger charge is -2.23. The largest absolute Gasteiger partial charge is 0.352 e. The minimum absolute atomic E-state index is 0.0509. The van der Waals surface area contributed by atoms with Crippen LogP contribution >= 0.6 is 0 Å². The van der Waals surface area contributed by atoms with Gasteiger partial charge in [-0.3, -0.25) is 9.59 Å². The molecule has 3 rings (SSSR count). The lowest BCUT2D eigenvalue weighted by Crippen LogP contribution is -2.34. The second-order valence-corrected chi connectivity index (χ2v) is 7.37. The Bertz CT molecular complexity index is 823. The van der Waals surface area contributed by atoms with Crippen molar-refractivity contribution in [1.82, 2.24) is 20.2 Å². The minimum Gasteiger partial charge on any atom is -0.352 e. The van der Waals surface area contributed by atoms with Gasteiger partial charge in [-0.05, 0) is 39.8 Å². The van der Waals surface area contributed by atoms with E-state index >= 15 is 0 Å². The molecule has 1 heterocycles. The second kappa shape index (κ2) is 8.95. The van der Waals surface area contributed by atoms with Gasteiger partial charge in [-0.15, -0.1) is 0 Å². The van der Waals surface area contributed by atoms with Gasteiger partial charge < -0.3 is 15.2 Å². The van der Waals surface area contributed by atoms with Gasteiger partial charge in [0, 0.05) is 24.3 Å². The van der Waals surface area contributed by atoms with Crippen LogP contribution in [0.25, 0.3) is 11.4 Å². The number of hydrogen-bond acceptors (Lipinski definition) is 4. The monoisotopic (exact) mass is 368 g/mol. The van der Waals surface area contributed by atoms with Crippen molar-refractivity contribution >= 4 is 5.91 Å². The number of carbonyl (C=O) groups is 1. The molecule has 0 bridgehead atoms. The highest BCUT2D eigenvalue weighted by atomic mass is 16.2. The van der Waals surface area contributed by atoms with Gasteiger partial charge in [0.25, 0.3) is 11.5 Å². The molecule has 0 unspecified atom stereocenters. The third-order valence-electron chi connectivity index (χ3n) is 5.29. The number of nitrogens with one attached hydrogen (secondary N) is 2. The number of H-pyrrole nitrogens is 1. The number of benzene rings is 1. The molecule has 27 heavy (non-hydrogen) atoms. The van der Waals surface area contributed by atoms with E-state index in [1.54, 1.807) is 0 Å². The van der Waals surface area contributed by atoms with E-state index in [2.05, 4.69) is 27.2 Å². The standard InChI is InChI=1S/C21H28N4O2/c1-15-8-10-16(11-9-15)19-23-14-18(21(27)24-19)20(26)22-12-5-13-25(2)17-6-3-4-7-17/h8-11,14,17H,3-7,12-13H2,1-2H3,(H,22,26)(H,23,24,27). The van der Waals surface area contributed by atoms with Crippen molar-refractivity contribution in [3.05, 3.63) is 51.9 Å². The van der Waals surface area contributed by atoms with Gasteiger partial charge in [-0.1, -0.05) is 42.7 Å². The summed E-state index contributed by atoms with van der Waals surface area (Å²) in [5.41, 5.74) is 1.59. The maximum atomic E-state index is 12.3. The Balaban J connectivity index is 1.52. The lowest BCUT2D eigenvalue weighted by atomic mass is 10.1. The fraction of sp³-hybridized carbons (Fsp3) is 0.476. The summed E-state index contributed by atoms with van der Waals surface area (Å²) in [5, 5.41) is 2.83. The molecule has 1 saturated carbocycles. The van der Waals surface area contributed by atoms with Gasteiger partial charge >= 0.3 is 0 Å². The number of rotatable bonds is 7. The summed E-state index contributed by atoms with van der Waals surface area (Å²) in [6, 6.07) is 8.39. The topological polar surface area (TPSA) is 78.1 Å². The van der Waals surface area contributed by atoms with Crippen molar-refractivity contribution in [2.45, 2.75) is 45.1 Å². The van der Waals surface area contributed by atoms with Gasteiger partial charge in [0.05, 0.1) is 0 Å². The minimum atomic E-state index is -0.416. The van der Waals surface area contributed by atoms with Crippen molar-refractivity contribution in [3.8, 4) is 11.4 Å².